The highest BCUT2D eigenvalue weighted by Crippen LogP contribution is 2.45. The molecule has 0 heterocycles. The number of esters is 4. The van der Waals surface area contributed by atoms with Gasteiger partial charge in [0.15, 0.2) is 12.2 Å². The molecule has 0 amide bonds. The molecule has 0 rings (SSSR count). The van der Waals surface area contributed by atoms with Crippen LogP contribution in [0.4, 0.5) is 0 Å². The van der Waals surface area contributed by atoms with Crippen molar-refractivity contribution in [1.29, 1.82) is 0 Å². The van der Waals surface area contributed by atoms with Gasteiger partial charge < -0.3 is 33.8 Å². The van der Waals surface area contributed by atoms with Gasteiger partial charge in [-0.2, -0.15) is 0 Å². The zero-order chi connectivity index (χ0) is 74.6. The first-order valence-electron chi connectivity index (χ1n) is 38.0. The van der Waals surface area contributed by atoms with Crippen LogP contribution in [0.5, 0.6) is 0 Å². The van der Waals surface area contributed by atoms with E-state index in [1.165, 1.54) is 19.3 Å². The molecule has 19 heteroatoms. The maximum absolute atomic E-state index is 13.1. The monoisotopic (exact) mass is 1460 g/mol. The molecule has 0 saturated carbocycles. The molecule has 0 aromatic rings. The summed E-state index contributed by atoms with van der Waals surface area (Å²) in [6.45, 7) is 4.25. The molecule has 0 spiro atoms. The lowest BCUT2D eigenvalue weighted by molar-refractivity contribution is -0.161. The summed E-state index contributed by atoms with van der Waals surface area (Å²) in [7, 11) is -10.0. The standard InChI is InChI=1S/C83H132O17P2/c1-5-9-13-17-21-25-29-33-37-38-42-44-48-52-56-60-64-68-81(86)94-74-79(100-83(88)70-66-62-58-54-50-46-41-36-32-28-24-20-16-12-8-4)76-98-102(91,92)96-72-77(84)71-95-101(89,90)97-75-78(99-82(87)69-65-61-57-53-49-45-40-35-31-27-23-19-15-11-7-3)73-93-80(85)67-63-59-55-51-47-43-39-34-30-26-22-18-14-10-6-2/h9-10,12-14,16,21-28,33-37,39-42,44,47,51-52,56,59,63,77-79,84H,5-8,11,15,17-20,29-32,38,43,45-46,48-50,53-55,57-58,60-62,64-76H2,1-4H3,(H,89,90)(H,91,92)/b13-9-,14-10-,16-12-,25-21-,26-22-,27-23-,28-24-,37-33-,39-34-,40-35-,41-36-,44-42-,51-47-,56-52-,63-59-. The number of aliphatic hydroxyl groups excluding tert-OH is 1. The van der Waals surface area contributed by atoms with Gasteiger partial charge in [0.25, 0.3) is 0 Å². The van der Waals surface area contributed by atoms with Gasteiger partial charge in [-0.25, -0.2) is 9.13 Å². The number of carbonyl (C=O) groups excluding carboxylic acids is 4. The Morgan fingerprint density at radius 2 is 0.559 bits per heavy atom. The number of aliphatic hydroxyl groups is 1. The van der Waals surface area contributed by atoms with E-state index in [9.17, 15) is 43.2 Å². The van der Waals surface area contributed by atoms with Crippen molar-refractivity contribution in [2.45, 2.75) is 277 Å². The van der Waals surface area contributed by atoms with E-state index in [-0.39, 0.29) is 25.7 Å². The summed E-state index contributed by atoms with van der Waals surface area (Å²) in [5, 5.41) is 10.6. The molecule has 3 N–H and O–H groups in total. The second-order valence-corrected chi connectivity index (χ2v) is 27.4. The molecule has 5 atom stereocenters. The smallest absolute Gasteiger partial charge is 0.462 e. The fourth-order valence-electron chi connectivity index (χ4n) is 9.19. The fraction of sp³-hybridized carbons (Fsp3) is 0.590. The fourth-order valence-corrected chi connectivity index (χ4v) is 10.8. The molecule has 0 bridgehead atoms. The van der Waals surface area contributed by atoms with Crippen LogP contribution in [0.15, 0.2) is 182 Å². The van der Waals surface area contributed by atoms with Crippen molar-refractivity contribution < 1.29 is 80.2 Å². The Morgan fingerprint density at radius 3 is 0.902 bits per heavy atom. The summed E-state index contributed by atoms with van der Waals surface area (Å²) in [5.74, 6) is -2.45. The van der Waals surface area contributed by atoms with E-state index in [4.69, 9.17) is 37.0 Å². The van der Waals surface area contributed by atoms with Crippen molar-refractivity contribution in [1.82, 2.24) is 0 Å². The summed E-state index contributed by atoms with van der Waals surface area (Å²) < 4.78 is 68.3. The molecular weight excluding hydrogens is 1330 g/mol. The predicted molar refractivity (Wildman–Crippen MR) is 417 cm³/mol. The lowest BCUT2D eigenvalue weighted by atomic mass is 10.1. The minimum absolute atomic E-state index is 0.0512. The molecule has 5 unspecified atom stereocenters. The van der Waals surface area contributed by atoms with Crippen molar-refractivity contribution in [3.8, 4) is 0 Å². The van der Waals surface area contributed by atoms with Gasteiger partial charge in [-0.15, -0.1) is 0 Å². The average molecular weight is 1460 g/mol. The normalized spacial score (nSPS) is 14.9. The van der Waals surface area contributed by atoms with E-state index >= 15 is 0 Å². The van der Waals surface area contributed by atoms with E-state index in [1.807, 2.05) is 30.4 Å². The van der Waals surface area contributed by atoms with Crippen molar-refractivity contribution in [2.24, 2.45) is 0 Å². The van der Waals surface area contributed by atoms with E-state index < -0.39 is 97.5 Å². The van der Waals surface area contributed by atoms with Crippen molar-refractivity contribution in [3.63, 3.8) is 0 Å². The summed E-state index contributed by atoms with van der Waals surface area (Å²) in [6, 6.07) is 0. The number of hydrogen-bond acceptors (Lipinski definition) is 15. The van der Waals surface area contributed by atoms with Gasteiger partial charge in [-0.1, -0.05) is 261 Å². The van der Waals surface area contributed by atoms with Crippen LogP contribution in [0.2, 0.25) is 0 Å². The Morgan fingerprint density at radius 1 is 0.294 bits per heavy atom. The van der Waals surface area contributed by atoms with Crippen molar-refractivity contribution in [3.05, 3.63) is 182 Å². The Labute approximate surface area is 615 Å². The molecule has 0 aliphatic heterocycles. The van der Waals surface area contributed by atoms with Gasteiger partial charge in [-0.05, 0) is 154 Å². The highest BCUT2D eigenvalue weighted by atomic mass is 31.2. The number of unbranched alkanes of at least 4 members (excludes halogenated alkanes) is 14. The molecule has 0 aliphatic rings. The van der Waals surface area contributed by atoms with Gasteiger partial charge in [0, 0.05) is 19.3 Å². The first-order valence-corrected chi connectivity index (χ1v) is 41.0. The largest absolute Gasteiger partial charge is 0.472 e. The maximum atomic E-state index is 13.1. The predicted octanol–water partition coefficient (Wildman–Crippen LogP) is 22.0. The van der Waals surface area contributed by atoms with Crippen LogP contribution in [0.25, 0.3) is 0 Å². The third-order valence-electron chi connectivity index (χ3n) is 14.9. The second-order valence-electron chi connectivity index (χ2n) is 24.5. The van der Waals surface area contributed by atoms with Crippen LogP contribution in [0, 0.1) is 0 Å². The molecule has 17 nitrogen and oxygen atoms in total. The number of ether oxygens (including phenoxy) is 4. The summed E-state index contributed by atoms with van der Waals surface area (Å²) in [4.78, 5) is 72.8. The highest BCUT2D eigenvalue weighted by molar-refractivity contribution is 7.47. The molecule has 0 aromatic carbocycles. The number of allylic oxidation sites excluding steroid dienone is 29. The highest BCUT2D eigenvalue weighted by Gasteiger charge is 2.30. The van der Waals surface area contributed by atoms with Crippen molar-refractivity contribution >= 4 is 39.5 Å². The van der Waals surface area contributed by atoms with Crippen LogP contribution >= 0.6 is 15.6 Å². The first-order chi connectivity index (χ1) is 49.7. The van der Waals surface area contributed by atoms with Crippen LogP contribution in [0.1, 0.15) is 259 Å². The molecule has 576 valence electrons. The third kappa shape index (κ3) is 72.5. The first kappa shape index (κ1) is 96.2. The number of hydrogen-bond donors (Lipinski definition) is 3. The molecule has 102 heavy (non-hydrogen) atoms. The topological polar surface area (TPSA) is 237 Å². The van der Waals surface area contributed by atoms with E-state index in [0.717, 1.165) is 154 Å². The SMILES string of the molecule is CC/C=C\C/C=C\C/C=C\C/C=C\C/C=C\CCCC(=O)OCC(COP(=O)(O)OCC(O)COP(=O)(O)OCC(COC(=O)C/C=C\C/C=C\C/C=C\C/C=C\C/C=C\CC)OC(=O)CCCCCCC/C=C\C/C=C\CCCCC)OC(=O)CCCCCCC/C=C\C/C=C\C/C=C\CC. The van der Waals surface area contributed by atoms with E-state index in [2.05, 4.69) is 174 Å². The second kappa shape index (κ2) is 73.5. The maximum Gasteiger partial charge on any atom is 0.472 e. The molecule has 0 saturated heterocycles. The molecule has 0 fully saturated rings. The third-order valence-corrected chi connectivity index (χ3v) is 16.8. The van der Waals surface area contributed by atoms with E-state index in [1.54, 1.807) is 6.08 Å². The van der Waals surface area contributed by atoms with Gasteiger partial charge >= 0.3 is 39.5 Å². The quantitative estimate of drug-likeness (QED) is 0.0169. The number of carbonyl (C=O) groups is 4. The average Bonchev–Trinajstić information content (AvgIpc) is 0.923. The van der Waals surface area contributed by atoms with Crippen LogP contribution in [-0.2, 0) is 65.4 Å². The Hall–Kier alpha value is -5.84. The van der Waals surface area contributed by atoms with E-state index in [0.29, 0.717) is 32.1 Å². The van der Waals surface area contributed by atoms with Crippen LogP contribution in [0.3, 0.4) is 0 Å². The lowest BCUT2D eigenvalue weighted by Crippen LogP contribution is -2.30. The van der Waals surface area contributed by atoms with Gasteiger partial charge in [0.2, 0.25) is 0 Å². The zero-order valence-electron chi connectivity index (χ0n) is 62.7. The summed E-state index contributed by atoms with van der Waals surface area (Å²) in [6.07, 6.45) is 87.8. The van der Waals surface area contributed by atoms with Gasteiger partial charge in [0.1, 0.15) is 19.3 Å². The molecular formula is C83H132O17P2. The van der Waals surface area contributed by atoms with Crippen LogP contribution < -0.4 is 0 Å². The molecule has 0 aliphatic carbocycles. The summed E-state index contributed by atoms with van der Waals surface area (Å²) in [5.41, 5.74) is 0. The Kier molecular flexibility index (Phi) is 69.3. The van der Waals surface area contributed by atoms with Crippen LogP contribution in [-0.4, -0.2) is 96.7 Å². The Bertz CT molecular complexity index is 2650. The Balaban J connectivity index is 5.52. The van der Waals surface area contributed by atoms with Gasteiger partial charge in [-0.3, -0.25) is 37.3 Å². The minimum atomic E-state index is -5.01. The molecule has 0 radical (unpaired) electrons. The number of rotatable bonds is 69. The van der Waals surface area contributed by atoms with Gasteiger partial charge in [0.05, 0.1) is 32.8 Å². The minimum Gasteiger partial charge on any atom is -0.462 e. The zero-order valence-corrected chi connectivity index (χ0v) is 64.5. The summed E-state index contributed by atoms with van der Waals surface area (Å²) >= 11 is 0. The molecule has 0 aromatic heterocycles. The number of phosphoric ester groups is 2. The number of phosphoric acid groups is 2. The van der Waals surface area contributed by atoms with Crippen molar-refractivity contribution in [2.75, 3.05) is 39.6 Å². The lowest BCUT2D eigenvalue weighted by Gasteiger charge is -2.21.